The van der Waals surface area contributed by atoms with E-state index in [4.69, 9.17) is 25.5 Å². The Morgan fingerprint density at radius 3 is 2.68 bits per heavy atom. The van der Waals surface area contributed by atoms with Gasteiger partial charge in [0.2, 0.25) is 0 Å². The molecule has 0 bridgehead atoms. The van der Waals surface area contributed by atoms with Crippen molar-refractivity contribution in [2.75, 3.05) is 31.6 Å². The summed E-state index contributed by atoms with van der Waals surface area (Å²) >= 11 is 6.01. The van der Waals surface area contributed by atoms with E-state index in [-0.39, 0.29) is 12.2 Å². The lowest BCUT2D eigenvalue weighted by Gasteiger charge is -2.30. The van der Waals surface area contributed by atoms with Crippen LogP contribution in [-0.2, 0) is 4.74 Å². The van der Waals surface area contributed by atoms with Crippen LogP contribution in [0, 0.1) is 13.8 Å². The molecule has 1 N–H and O–H groups in total. The van der Waals surface area contributed by atoms with Crippen LogP contribution in [0.2, 0.25) is 5.02 Å². The Morgan fingerprint density at radius 2 is 1.91 bits per heavy atom. The minimum Gasteiger partial charge on any atom is -0.489 e. The van der Waals surface area contributed by atoms with E-state index in [1.54, 1.807) is 30.3 Å². The largest absolute Gasteiger partial charge is 0.489 e. The number of amides is 1. The third-order valence-electron chi connectivity index (χ3n) is 5.93. The Labute approximate surface area is 203 Å². The standard InChI is InChI=1S/C26H29ClN2O5/c1-17-12-25(30)34-24-11-18(2)23(14-22(17)24)32-16-21(15-29-9-4-3-5-10-29)33-26(31)28-20-8-6-7-19(27)13-20/h6-8,11-14,21H,3-5,9-10,15-16H2,1-2H3,(H,28,31). The number of fused-ring (bicyclic) bond motifs is 1. The molecule has 0 radical (unpaired) electrons. The van der Waals surface area contributed by atoms with Crippen LogP contribution < -0.4 is 15.7 Å². The first-order valence-corrected chi connectivity index (χ1v) is 11.9. The highest BCUT2D eigenvalue weighted by Crippen LogP contribution is 2.27. The minimum atomic E-state index is -0.555. The molecule has 8 heteroatoms. The molecule has 7 nitrogen and oxygen atoms in total. The molecule has 34 heavy (non-hydrogen) atoms. The van der Waals surface area contributed by atoms with Crippen molar-refractivity contribution in [2.45, 2.75) is 39.2 Å². The molecular formula is C26H29ClN2O5. The average molecular weight is 485 g/mol. The number of ether oxygens (including phenoxy) is 2. The van der Waals surface area contributed by atoms with Crippen molar-refractivity contribution >= 4 is 34.4 Å². The lowest BCUT2D eigenvalue weighted by molar-refractivity contribution is 0.0433. The summed E-state index contributed by atoms with van der Waals surface area (Å²) in [6.07, 6.45) is 2.47. The molecule has 0 aliphatic carbocycles. The van der Waals surface area contributed by atoms with Crippen molar-refractivity contribution in [2.24, 2.45) is 0 Å². The van der Waals surface area contributed by atoms with Crippen molar-refractivity contribution in [1.82, 2.24) is 4.90 Å². The van der Waals surface area contributed by atoms with Gasteiger partial charge in [-0.05, 0) is 81.2 Å². The van der Waals surface area contributed by atoms with Crippen LogP contribution in [0.1, 0.15) is 30.4 Å². The third-order valence-corrected chi connectivity index (χ3v) is 6.16. The van der Waals surface area contributed by atoms with Gasteiger partial charge in [-0.25, -0.2) is 9.59 Å². The third kappa shape index (κ3) is 6.30. The fourth-order valence-electron chi connectivity index (χ4n) is 4.20. The lowest BCUT2D eigenvalue weighted by Crippen LogP contribution is -2.41. The van der Waals surface area contributed by atoms with Gasteiger partial charge in [0.25, 0.3) is 0 Å². The molecular weight excluding hydrogens is 456 g/mol. The van der Waals surface area contributed by atoms with Crippen molar-refractivity contribution in [3.63, 3.8) is 0 Å². The number of carbonyl (C=O) groups is 1. The molecule has 3 aromatic rings. The summed E-state index contributed by atoms with van der Waals surface area (Å²) in [5.74, 6) is 0.659. The maximum atomic E-state index is 12.6. The molecule has 1 fully saturated rings. The number of nitrogens with zero attached hydrogens (tertiary/aromatic N) is 1. The summed E-state index contributed by atoms with van der Waals surface area (Å²) in [4.78, 5) is 26.6. The van der Waals surface area contributed by atoms with Crippen LogP contribution in [0.25, 0.3) is 11.0 Å². The molecule has 1 aromatic heterocycles. The maximum absolute atomic E-state index is 12.6. The highest BCUT2D eigenvalue weighted by atomic mass is 35.5. The first-order valence-electron chi connectivity index (χ1n) is 11.5. The number of halogens is 1. The monoisotopic (exact) mass is 484 g/mol. The van der Waals surface area contributed by atoms with Gasteiger partial charge in [-0.1, -0.05) is 24.1 Å². The average Bonchev–Trinajstić information content (AvgIpc) is 2.78. The highest BCUT2D eigenvalue weighted by Gasteiger charge is 2.22. The quantitative estimate of drug-likeness (QED) is 0.443. The van der Waals surface area contributed by atoms with Crippen LogP contribution in [0.5, 0.6) is 5.75 Å². The van der Waals surface area contributed by atoms with Gasteiger partial charge >= 0.3 is 11.7 Å². The number of likely N-dealkylation sites (tertiary alicyclic amines) is 1. The second kappa shape index (κ2) is 10.9. The van der Waals surface area contributed by atoms with Gasteiger partial charge < -0.3 is 13.9 Å². The first kappa shape index (κ1) is 24.1. The fraction of sp³-hybridized carbons (Fsp3) is 0.385. The van der Waals surface area contributed by atoms with Gasteiger partial charge in [0.1, 0.15) is 17.9 Å². The van der Waals surface area contributed by atoms with E-state index < -0.39 is 12.2 Å². The van der Waals surface area contributed by atoms with E-state index in [0.29, 0.717) is 28.6 Å². The maximum Gasteiger partial charge on any atom is 0.412 e. The Hall–Kier alpha value is -3.03. The van der Waals surface area contributed by atoms with E-state index in [0.717, 1.165) is 42.4 Å². The van der Waals surface area contributed by atoms with Crippen LogP contribution >= 0.6 is 11.6 Å². The summed E-state index contributed by atoms with van der Waals surface area (Å²) in [5, 5.41) is 4.08. The van der Waals surface area contributed by atoms with E-state index in [1.807, 2.05) is 19.9 Å². The topological polar surface area (TPSA) is 81.0 Å². The summed E-state index contributed by atoms with van der Waals surface area (Å²) < 4.78 is 17.2. The molecule has 0 spiro atoms. The molecule has 2 heterocycles. The SMILES string of the molecule is Cc1cc2oc(=O)cc(C)c2cc1OCC(CN1CCCCC1)OC(=O)Nc1cccc(Cl)c1. The molecule has 0 saturated carbocycles. The summed E-state index contributed by atoms with van der Waals surface area (Å²) in [7, 11) is 0. The Morgan fingerprint density at radius 1 is 1.12 bits per heavy atom. The molecule has 1 atom stereocenters. The number of hydrogen-bond donors (Lipinski definition) is 1. The predicted molar refractivity (Wildman–Crippen MR) is 133 cm³/mol. The lowest BCUT2D eigenvalue weighted by atomic mass is 10.1. The number of nitrogens with one attached hydrogen (secondary N) is 1. The summed E-state index contributed by atoms with van der Waals surface area (Å²) in [6, 6.07) is 12.0. The number of benzene rings is 2. The van der Waals surface area contributed by atoms with Gasteiger partial charge in [-0.3, -0.25) is 10.2 Å². The Bertz CT molecular complexity index is 1220. The summed E-state index contributed by atoms with van der Waals surface area (Å²) in [5.41, 5.74) is 2.37. The van der Waals surface area contributed by atoms with E-state index in [2.05, 4.69) is 10.2 Å². The zero-order valence-corrected chi connectivity index (χ0v) is 20.2. The second-order valence-corrected chi connectivity index (χ2v) is 9.13. The van der Waals surface area contributed by atoms with Crippen LogP contribution in [0.15, 0.2) is 51.7 Å². The molecule has 4 rings (SSSR count). The number of hydrogen-bond acceptors (Lipinski definition) is 6. The molecule has 2 aromatic carbocycles. The first-order chi connectivity index (χ1) is 16.4. The summed E-state index contributed by atoms with van der Waals surface area (Å²) in [6.45, 7) is 6.49. The minimum absolute atomic E-state index is 0.196. The predicted octanol–water partition coefficient (Wildman–Crippen LogP) is 5.55. The van der Waals surface area contributed by atoms with E-state index in [9.17, 15) is 9.59 Å². The van der Waals surface area contributed by atoms with Crippen LogP contribution in [0.3, 0.4) is 0 Å². The second-order valence-electron chi connectivity index (χ2n) is 8.70. The number of carbonyl (C=O) groups excluding carboxylic acids is 1. The Balaban J connectivity index is 1.48. The molecule has 1 aliphatic heterocycles. The number of rotatable bonds is 7. The van der Waals surface area contributed by atoms with Crippen molar-refractivity contribution in [1.29, 1.82) is 0 Å². The zero-order chi connectivity index (χ0) is 24.1. The number of anilines is 1. The normalized spacial score (nSPS) is 15.1. The molecule has 1 unspecified atom stereocenters. The van der Waals surface area contributed by atoms with Gasteiger partial charge in [-0.2, -0.15) is 0 Å². The van der Waals surface area contributed by atoms with Crippen molar-refractivity contribution in [3.8, 4) is 5.75 Å². The van der Waals surface area contributed by atoms with Crippen molar-refractivity contribution < 1.29 is 18.7 Å². The van der Waals surface area contributed by atoms with E-state index >= 15 is 0 Å². The molecule has 1 saturated heterocycles. The fourth-order valence-corrected chi connectivity index (χ4v) is 4.39. The zero-order valence-electron chi connectivity index (χ0n) is 19.4. The number of piperidine rings is 1. The van der Waals surface area contributed by atoms with Crippen LogP contribution in [-0.4, -0.2) is 43.3 Å². The van der Waals surface area contributed by atoms with Crippen molar-refractivity contribution in [3.05, 3.63) is 69.0 Å². The van der Waals surface area contributed by atoms with Gasteiger partial charge in [-0.15, -0.1) is 0 Å². The van der Waals surface area contributed by atoms with Gasteiger partial charge in [0.05, 0.1) is 0 Å². The highest BCUT2D eigenvalue weighted by molar-refractivity contribution is 6.30. The van der Waals surface area contributed by atoms with Gasteiger partial charge in [0, 0.05) is 28.7 Å². The van der Waals surface area contributed by atoms with Crippen LogP contribution in [0.4, 0.5) is 10.5 Å². The molecule has 1 aliphatic rings. The van der Waals surface area contributed by atoms with Gasteiger partial charge in [0.15, 0.2) is 6.10 Å². The smallest absolute Gasteiger partial charge is 0.412 e. The Kier molecular flexibility index (Phi) is 7.75. The van der Waals surface area contributed by atoms with E-state index in [1.165, 1.54) is 12.5 Å². The molecule has 180 valence electrons. The molecule has 1 amide bonds. The number of aryl methyl sites for hydroxylation is 2.